The monoisotopic (exact) mass is 433 g/mol. The molecule has 0 saturated heterocycles. The normalized spacial score (nSPS) is 10.3. The highest BCUT2D eigenvalue weighted by molar-refractivity contribution is 14.1. The number of nitrogen functional groups attached to an aromatic ring is 1. The number of halogens is 2. The molecule has 0 radical (unpaired) electrons. The molecule has 0 aliphatic rings. The fraction of sp³-hybridized carbons (Fsp3) is 0.167. The van der Waals surface area contributed by atoms with Crippen molar-refractivity contribution in [2.45, 2.75) is 13.3 Å². The molecule has 0 unspecified atom stereocenters. The van der Waals surface area contributed by atoms with E-state index >= 15 is 0 Å². The maximum absolute atomic E-state index is 5.41. The van der Waals surface area contributed by atoms with Gasteiger partial charge in [0.1, 0.15) is 17.5 Å². The predicted octanol–water partition coefficient (Wildman–Crippen LogP) is 3.44. The smallest absolute Gasteiger partial charge is 0.145 e. The van der Waals surface area contributed by atoms with Crippen molar-refractivity contribution in [3.63, 3.8) is 0 Å². The number of aromatic nitrogens is 2. The molecule has 7 heteroatoms. The largest absolute Gasteiger partial charge is 0.339 e. The van der Waals surface area contributed by atoms with E-state index in [9.17, 15) is 0 Å². The van der Waals surface area contributed by atoms with E-state index in [0.717, 1.165) is 31.8 Å². The fourth-order valence-electron chi connectivity index (χ4n) is 1.52. The molecular formula is C12H13BrIN5. The van der Waals surface area contributed by atoms with Crippen molar-refractivity contribution in [3.05, 3.63) is 38.1 Å². The van der Waals surface area contributed by atoms with Crippen LogP contribution < -0.4 is 16.6 Å². The Labute approximate surface area is 133 Å². The Balaban J connectivity index is 2.34. The molecule has 0 amide bonds. The Bertz CT molecular complexity index is 568. The standard InChI is InChI=1S/C12H13BrIN5/c1-2-10-17-11(6-12(18-10)19-15)16-9-5-7(13)3-4-8(9)14/h3-6H,2,15H2,1H3,(H2,16,17,18,19). The average molecular weight is 434 g/mol. The van der Waals surface area contributed by atoms with Crippen molar-refractivity contribution >= 4 is 55.8 Å². The van der Waals surface area contributed by atoms with Crippen molar-refractivity contribution in [1.29, 1.82) is 0 Å². The van der Waals surface area contributed by atoms with Crippen LogP contribution in [-0.2, 0) is 6.42 Å². The van der Waals surface area contributed by atoms with Gasteiger partial charge in [0.25, 0.3) is 0 Å². The van der Waals surface area contributed by atoms with Gasteiger partial charge in [-0.25, -0.2) is 15.8 Å². The maximum atomic E-state index is 5.41. The number of hydrogen-bond donors (Lipinski definition) is 3. The highest BCUT2D eigenvalue weighted by Gasteiger charge is 2.06. The number of benzene rings is 1. The Morgan fingerprint density at radius 3 is 2.68 bits per heavy atom. The van der Waals surface area contributed by atoms with E-state index in [0.29, 0.717) is 5.82 Å². The molecule has 1 aromatic heterocycles. The molecule has 2 rings (SSSR count). The zero-order chi connectivity index (χ0) is 13.8. The molecule has 5 nitrogen and oxygen atoms in total. The van der Waals surface area contributed by atoms with Gasteiger partial charge in [-0.1, -0.05) is 22.9 Å². The molecule has 0 bridgehead atoms. The molecule has 1 heterocycles. The van der Waals surface area contributed by atoms with Gasteiger partial charge in [-0.3, -0.25) is 0 Å². The Hall–Kier alpha value is -0.930. The minimum atomic E-state index is 0.597. The van der Waals surface area contributed by atoms with Crippen LogP contribution in [0.5, 0.6) is 0 Å². The van der Waals surface area contributed by atoms with Gasteiger partial charge in [-0.05, 0) is 40.8 Å². The first-order valence-electron chi connectivity index (χ1n) is 5.69. The molecule has 0 aliphatic heterocycles. The second kappa shape index (κ2) is 6.49. The molecule has 100 valence electrons. The van der Waals surface area contributed by atoms with E-state index in [2.05, 4.69) is 59.2 Å². The summed E-state index contributed by atoms with van der Waals surface area (Å²) in [5, 5.41) is 3.28. The zero-order valence-electron chi connectivity index (χ0n) is 10.2. The van der Waals surface area contributed by atoms with Crippen molar-refractivity contribution < 1.29 is 0 Å². The molecule has 0 atom stereocenters. The number of anilines is 3. The third-order valence-corrected chi connectivity index (χ3v) is 3.86. The first-order valence-corrected chi connectivity index (χ1v) is 7.56. The predicted molar refractivity (Wildman–Crippen MR) is 89.4 cm³/mol. The lowest BCUT2D eigenvalue weighted by Gasteiger charge is -2.11. The molecule has 0 spiro atoms. The van der Waals surface area contributed by atoms with E-state index in [1.54, 1.807) is 6.07 Å². The second-order valence-corrected chi connectivity index (χ2v) is 5.88. The van der Waals surface area contributed by atoms with Gasteiger partial charge in [0.15, 0.2) is 0 Å². The molecule has 0 saturated carbocycles. The van der Waals surface area contributed by atoms with Crippen LogP contribution in [0.1, 0.15) is 12.7 Å². The number of hydrazine groups is 1. The minimum Gasteiger partial charge on any atom is -0.339 e. The number of rotatable bonds is 4. The lowest BCUT2D eigenvalue weighted by Crippen LogP contribution is -2.11. The van der Waals surface area contributed by atoms with E-state index in [-0.39, 0.29) is 0 Å². The van der Waals surface area contributed by atoms with Gasteiger partial charge in [0, 0.05) is 20.5 Å². The van der Waals surface area contributed by atoms with Gasteiger partial charge in [-0.2, -0.15) is 0 Å². The Morgan fingerprint density at radius 1 is 1.26 bits per heavy atom. The summed E-state index contributed by atoms with van der Waals surface area (Å²) in [5.41, 5.74) is 3.54. The summed E-state index contributed by atoms with van der Waals surface area (Å²) in [6.07, 6.45) is 0.750. The van der Waals surface area contributed by atoms with Crippen LogP contribution in [0.4, 0.5) is 17.3 Å². The highest BCUT2D eigenvalue weighted by Crippen LogP contribution is 2.26. The number of nitrogens with two attached hydrogens (primary N) is 1. The number of hydrogen-bond acceptors (Lipinski definition) is 5. The lowest BCUT2D eigenvalue weighted by atomic mass is 10.3. The first kappa shape index (κ1) is 14.5. The number of nitrogens with zero attached hydrogens (tertiary/aromatic N) is 2. The van der Waals surface area contributed by atoms with Gasteiger partial charge in [0.05, 0.1) is 5.69 Å². The molecule has 19 heavy (non-hydrogen) atoms. The van der Waals surface area contributed by atoms with Crippen molar-refractivity contribution in [2.24, 2.45) is 5.84 Å². The van der Waals surface area contributed by atoms with Crippen molar-refractivity contribution in [2.75, 3.05) is 10.7 Å². The van der Waals surface area contributed by atoms with Gasteiger partial charge in [-0.15, -0.1) is 0 Å². The number of aryl methyl sites for hydroxylation is 1. The van der Waals surface area contributed by atoms with E-state index < -0.39 is 0 Å². The van der Waals surface area contributed by atoms with Crippen LogP contribution >= 0.6 is 38.5 Å². The van der Waals surface area contributed by atoms with Gasteiger partial charge < -0.3 is 10.7 Å². The second-order valence-electron chi connectivity index (χ2n) is 3.80. The minimum absolute atomic E-state index is 0.597. The van der Waals surface area contributed by atoms with Crippen LogP contribution in [0.15, 0.2) is 28.7 Å². The first-order chi connectivity index (χ1) is 9.12. The van der Waals surface area contributed by atoms with Crippen LogP contribution in [0, 0.1) is 3.57 Å². The van der Waals surface area contributed by atoms with Crippen LogP contribution in [0.25, 0.3) is 0 Å². The summed E-state index contributed by atoms with van der Waals surface area (Å²) in [4.78, 5) is 8.68. The summed E-state index contributed by atoms with van der Waals surface area (Å²) in [5.74, 6) is 7.47. The summed E-state index contributed by atoms with van der Waals surface area (Å²) in [6, 6.07) is 7.80. The quantitative estimate of drug-likeness (QED) is 0.391. The maximum Gasteiger partial charge on any atom is 0.145 e. The zero-order valence-corrected chi connectivity index (χ0v) is 14.0. The Morgan fingerprint density at radius 2 is 2.00 bits per heavy atom. The molecule has 2 aromatic rings. The fourth-order valence-corrected chi connectivity index (χ4v) is 2.36. The summed E-state index contributed by atoms with van der Waals surface area (Å²) < 4.78 is 2.12. The van der Waals surface area contributed by atoms with Gasteiger partial charge >= 0.3 is 0 Å². The molecular weight excluding hydrogens is 421 g/mol. The SMILES string of the molecule is CCc1nc(NN)cc(Nc2cc(Br)ccc2I)n1. The Kier molecular flexibility index (Phi) is 4.94. The highest BCUT2D eigenvalue weighted by atomic mass is 127. The topological polar surface area (TPSA) is 75.9 Å². The average Bonchev–Trinajstić information content (AvgIpc) is 2.42. The van der Waals surface area contributed by atoms with Crippen LogP contribution in [-0.4, -0.2) is 9.97 Å². The summed E-state index contributed by atoms with van der Waals surface area (Å²) in [7, 11) is 0. The molecule has 0 aliphatic carbocycles. The summed E-state index contributed by atoms with van der Waals surface area (Å²) in [6.45, 7) is 2.00. The van der Waals surface area contributed by atoms with Crippen molar-refractivity contribution in [3.8, 4) is 0 Å². The van der Waals surface area contributed by atoms with E-state index in [1.165, 1.54) is 0 Å². The third-order valence-electron chi connectivity index (χ3n) is 2.43. The van der Waals surface area contributed by atoms with Crippen LogP contribution in [0.2, 0.25) is 0 Å². The van der Waals surface area contributed by atoms with Crippen LogP contribution in [0.3, 0.4) is 0 Å². The lowest BCUT2D eigenvalue weighted by molar-refractivity contribution is 0.941. The molecule has 4 N–H and O–H groups in total. The van der Waals surface area contributed by atoms with E-state index in [4.69, 9.17) is 5.84 Å². The van der Waals surface area contributed by atoms with Gasteiger partial charge in [0.2, 0.25) is 0 Å². The molecule has 1 aromatic carbocycles. The van der Waals surface area contributed by atoms with E-state index in [1.807, 2.05) is 25.1 Å². The number of nitrogens with one attached hydrogen (secondary N) is 2. The third kappa shape index (κ3) is 3.77. The summed E-state index contributed by atoms with van der Waals surface area (Å²) >= 11 is 5.73. The molecule has 0 fully saturated rings. The van der Waals surface area contributed by atoms with Crippen molar-refractivity contribution in [1.82, 2.24) is 9.97 Å².